The second-order valence-corrected chi connectivity index (χ2v) is 3.88. The van der Waals surface area contributed by atoms with Crippen LogP contribution in [-0.4, -0.2) is 37.7 Å². The maximum Gasteiger partial charge on any atom is 0.253 e. The molecule has 0 atom stereocenters. The lowest BCUT2D eigenvalue weighted by Crippen LogP contribution is -2.27. The Morgan fingerprint density at radius 2 is 2.21 bits per heavy atom. The van der Waals surface area contributed by atoms with Gasteiger partial charge in [0.15, 0.2) is 0 Å². The van der Waals surface area contributed by atoms with Crippen molar-refractivity contribution in [1.29, 1.82) is 0 Å². The third-order valence-electron chi connectivity index (χ3n) is 1.45. The van der Waals surface area contributed by atoms with E-state index in [1.54, 1.807) is 18.9 Å². The summed E-state index contributed by atoms with van der Waals surface area (Å²) in [6.45, 7) is 3.01. The van der Waals surface area contributed by atoms with Gasteiger partial charge in [-0.3, -0.25) is 9.63 Å². The van der Waals surface area contributed by atoms with Gasteiger partial charge in [-0.15, -0.1) is 0 Å². The quantitative estimate of drug-likeness (QED) is 0.470. The van der Waals surface area contributed by atoms with E-state index in [0.29, 0.717) is 19.0 Å². The predicted octanol–water partition coefficient (Wildman–Crippen LogP) is 1.21. The van der Waals surface area contributed by atoms with Crippen molar-refractivity contribution < 1.29 is 14.4 Å². The lowest BCUT2D eigenvalue weighted by molar-refractivity contribution is -0.131. The van der Waals surface area contributed by atoms with Crippen LogP contribution >= 0.6 is 11.8 Å². The zero-order valence-corrected chi connectivity index (χ0v) is 9.69. The van der Waals surface area contributed by atoms with Gasteiger partial charge in [-0.2, -0.15) is 11.8 Å². The van der Waals surface area contributed by atoms with Gasteiger partial charge in [0.1, 0.15) is 0 Å². The Hall–Kier alpha value is -0.260. The molecule has 0 heterocycles. The number of methoxy groups -OCH3 is 1. The van der Waals surface area contributed by atoms with Crippen LogP contribution in [0.25, 0.3) is 0 Å². The van der Waals surface area contributed by atoms with Crippen molar-refractivity contribution >= 4 is 17.7 Å². The van der Waals surface area contributed by atoms with Crippen molar-refractivity contribution in [3.8, 4) is 0 Å². The molecule has 0 fully saturated rings. The lowest BCUT2D eigenvalue weighted by atomic mass is 10.4. The molecule has 0 rings (SSSR count). The summed E-state index contributed by atoms with van der Waals surface area (Å²) in [5.74, 6) is 1.41. The summed E-state index contributed by atoms with van der Waals surface area (Å²) in [6, 6.07) is 0. The van der Waals surface area contributed by atoms with E-state index in [0.717, 1.165) is 12.2 Å². The average molecular weight is 221 g/mol. The van der Waals surface area contributed by atoms with Crippen LogP contribution in [0.15, 0.2) is 0 Å². The maximum absolute atomic E-state index is 11.1. The maximum atomic E-state index is 11.1. The molecule has 4 nitrogen and oxygen atoms in total. The first-order valence-corrected chi connectivity index (χ1v) is 5.94. The molecule has 0 aromatic carbocycles. The van der Waals surface area contributed by atoms with Crippen molar-refractivity contribution in [1.82, 2.24) is 5.48 Å². The van der Waals surface area contributed by atoms with Gasteiger partial charge in [0.2, 0.25) is 0 Å². The van der Waals surface area contributed by atoms with Crippen LogP contribution in [0.4, 0.5) is 0 Å². The SMILES string of the molecule is CCCCSCC(=O)NOCCOC. The topological polar surface area (TPSA) is 47.6 Å². The number of carbonyl (C=O) groups excluding carboxylic acids is 1. The average Bonchev–Trinajstić information content (AvgIpc) is 2.19. The molecule has 0 bridgehead atoms. The lowest BCUT2D eigenvalue weighted by Gasteiger charge is -2.04. The van der Waals surface area contributed by atoms with Gasteiger partial charge in [-0.05, 0) is 12.2 Å². The monoisotopic (exact) mass is 221 g/mol. The summed E-state index contributed by atoms with van der Waals surface area (Å²) in [5.41, 5.74) is 2.35. The molecule has 0 saturated heterocycles. The molecule has 0 aliphatic rings. The Labute approximate surface area is 89.7 Å². The number of ether oxygens (including phenoxy) is 1. The molecule has 0 saturated carbocycles. The van der Waals surface area contributed by atoms with Crippen molar-refractivity contribution in [2.45, 2.75) is 19.8 Å². The predicted molar refractivity (Wildman–Crippen MR) is 58.2 cm³/mol. The molecule has 0 spiro atoms. The van der Waals surface area contributed by atoms with E-state index in [1.807, 2.05) is 0 Å². The molecule has 84 valence electrons. The Bertz CT molecular complexity index is 130. The largest absolute Gasteiger partial charge is 0.382 e. The number of hydrogen-bond donors (Lipinski definition) is 1. The molecule has 0 aromatic rings. The molecule has 5 heteroatoms. The molecule has 0 unspecified atom stereocenters. The first-order chi connectivity index (χ1) is 6.81. The Balaban J connectivity index is 3.11. The number of amides is 1. The number of hydroxylamine groups is 1. The minimum atomic E-state index is -0.0813. The van der Waals surface area contributed by atoms with Crippen LogP contribution in [0.2, 0.25) is 0 Å². The van der Waals surface area contributed by atoms with Gasteiger partial charge in [0, 0.05) is 7.11 Å². The number of unbranched alkanes of at least 4 members (excludes halogenated alkanes) is 1. The van der Waals surface area contributed by atoms with E-state index in [-0.39, 0.29) is 5.91 Å². The molecular weight excluding hydrogens is 202 g/mol. The second-order valence-electron chi connectivity index (χ2n) is 2.77. The number of nitrogens with one attached hydrogen (secondary N) is 1. The minimum Gasteiger partial charge on any atom is -0.382 e. The minimum absolute atomic E-state index is 0.0813. The Morgan fingerprint density at radius 3 is 2.86 bits per heavy atom. The number of thioether (sulfide) groups is 1. The van der Waals surface area contributed by atoms with Gasteiger partial charge in [-0.25, -0.2) is 5.48 Å². The Kier molecular flexibility index (Phi) is 10.6. The van der Waals surface area contributed by atoms with Crippen molar-refractivity contribution in [3.63, 3.8) is 0 Å². The highest BCUT2D eigenvalue weighted by Crippen LogP contribution is 2.03. The molecule has 14 heavy (non-hydrogen) atoms. The molecule has 0 aliphatic heterocycles. The van der Waals surface area contributed by atoms with Gasteiger partial charge < -0.3 is 4.74 Å². The van der Waals surface area contributed by atoms with Gasteiger partial charge in [0.05, 0.1) is 19.0 Å². The zero-order valence-electron chi connectivity index (χ0n) is 8.88. The van der Waals surface area contributed by atoms with Gasteiger partial charge in [-0.1, -0.05) is 13.3 Å². The van der Waals surface area contributed by atoms with Gasteiger partial charge >= 0.3 is 0 Å². The standard InChI is InChI=1S/C9H19NO3S/c1-3-4-7-14-8-9(11)10-13-6-5-12-2/h3-8H2,1-2H3,(H,10,11). The highest BCUT2D eigenvalue weighted by molar-refractivity contribution is 7.99. The molecule has 0 aliphatic carbocycles. The van der Waals surface area contributed by atoms with E-state index in [2.05, 4.69) is 12.4 Å². The van der Waals surface area contributed by atoms with E-state index in [4.69, 9.17) is 9.57 Å². The highest BCUT2D eigenvalue weighted by Gasteiger charge is 2.00. The fourth-order valence-electron chi connectivity index (χ4n) is 0.697. The van der Waals surface area contributed by atoms with Crippen LogP contribution in [0, 0.1) is 0 Å². The fourth-order valence-corrected chi connectivity index (χ4v) is 1.58. The Morgan fingerprint density at radius 1 is 1.43 bits per heavy atom. The van der Waals surface area contributed by atoms with E-state index in [9.17, 15) is 4.79 Å². The third-order valence-corrected chi connectivity index (χ3v) is 2.49. The summed E-state index contributed by atoms with van der Waals surface area (Å²) >= 11 is 1.63. The van der Waals surface area contributed by atoms with E-state index in [1.165, 1.54) is 6.42 Å². The molecule has 0 aromatic heterocycles. The van der Waals surface area contributed by atoms with Crippen molar-refractivity contribution in [3.05, 3.63) is 0 Å². The molecular formula is C9H19NO3S. The van der Waals surface area contributed by atoms with Crippen LogP contribution in [0.3, 0.4) is 0 Å². The summed E-state index contributed by atoms with van der Waals surface area (Å²) < 4.78 is 4.76. The molecule has 1 amide bonds. The third kappa shape index (κ3) is 9.83. The zero-order chi connectivity index (χ0) is 10.6. The van der Waals surface area contributed by atoms with E-state index >= 15 is 0 Å². The number of carbonyl (C=O) groups is 1. The first-order valence-electron chi connectivity index (χ1n) is 4.78. The number of rotatable bonds is 9. The van der Waals surface area contributed by atoms with Crippen LogP contribution in [-0.2, 0) is 14.4 Å². The van der Waals surface area contributed by atoms with Crippen LogP contribution < -0.4 is 5.48 Å². The smallest absolute Gasteiger partial charge is 0.253 e. The normalized spacial score (nSPS) is 10.1. The molecule has 1 N–H and O–H groups in total. The van der Waals surface area contributed by atoms with Crippen LogP contribution in [0.5, 0.6) is 0 Å². The fraction of sp³-hybridized carbons (Fsp3) is 0.889. The van der Waals surface area contributed by atoms with Crippen LogP contribution in [0.1, 0.15) is 19.8 Å². The summed E-state index contributed by atoms with van der Waals surface area (Å²) in [6.07, 6.45) is 2.32. The summed E-state index contributed by atoms with van der Waals surface area (Å²) in [4.78, 5) is 15.9. The second kappa shape index (κ2) is 10.8. The van der Waals surface area contributed by atoms with Crippen molar-refractivity contribution in [2.75, 3.05) is 31.8 Å². The first kappa shape index (κ1) is 13.7. The van der Waals surface area contributed by atoms with E-state index < -0.39 is 0 Å². The van der Waals surface area contributed by atoms with Crippen molar-refractivity contribution in [2.24, 2.45) is 0 Å². The summed E-state index contributed by atoms with van der Waals surface area (Å²) in [7, 11) is 1.59. The highest BCUT2D eigenvalue weighted by atomic mass is 32.2. The number of hydrogen-bond acceptors (Lipinski definition) is 4. The molecule has 0 radical (unpaired) electrons. The summed E-state index contributed by atoms with van der Waals surface area (Å²) in [5, 5.41) is 0. The van der Waals surface area contributed by atoms with Gasteiger partial charge in [0.25, 0.3) is 5.91 Å².